The highest BCUT2D eigenvalue weighted by Crippen LogP contribution is 2.44. The largest absolute Gasteiger partial charge is 0.478 e. The van der Waals surface area contributed by atoms with Gasteiger partial charge in [-0.15, -0.1) is 0 Å². The molecule has 6 heteroatoms. The number of benzene rings is 2. The van der Waals surface area contributed by atoms with Crippen LogP contribution >= 0.6 is 0 Å². The van der Waals surface area contributed by atoms with Crippen LogP contribution in [0.5, 0.6) is 0 Å². The Balaban J connectivity index is 1.55. The number of aromatic carboxylic acids is 1. The number of carbonyl (C=O) groups excluding carboxylic acids is 1. The third kappa shape index (κ3) is 3.45. The van der Waals surface area contributed by atoms with Gasteiger partial charge in [0.1, 0.15) is 12.4 Å². The summed E-state index contributed by atoms with van der Waals surface area (Å²) >= 11 is 0. The van der Waals surface area contributed by atoms with E-state index in [1.54, 1.807) is 6.92 Å². The molecule has 29 heavy (non-hydrogen) atoms. The van der Waals surface area contributed by atoms with Crippen LogP contribution in [0.25, 0.3) is 11.1 Å². The Morgan fingerprint density at radius 3 is 2.24 bits per heavy atom. The second kappa shape index (κ2) is 7.75. The number of aromatic nitrogens is 1. The summed E-state index contributed by atoms with van der Waals surface area (Å²) in [7, 11) is 0. The van der Waals surface area contributed by atoms with Crippen molar-refractivity contribution >= 4 is 17.9 Å². The number of fused-ring (bicyclic) bond motifs is 3. The van der Waals surface area contributed by atoms with E-state index in [0.717, 1.165) is 22.3 Å². The summed E-state index contributed by atoms with van der Waals surface area (Å²) in [5.41, 5.74) is 4.66. The SMILES string of the molecule is CCN(C(=O)OCC1c2ccccc2-c2ccccc21)c1cc(C(=O)O)ccn1. The maximum atomic E-state index is 12.8. The number of pyridine rings is 1. The molecule has 4 rings (SSSR count). The van der Waals surface area contributed by atoms with E-state index in [1.165, 1.54) is 23.2 Å². The van der Waals surface area contributed by atoms with Gasteiger partial charge >= 0.3 is 12.1 Å². The number of ether oxygens (including phenoxy) is 1. The maximum absolute atomic E-state index is 12.8. The van der Waals surface area contributed by atoms with Crippen molar-refractivity contribution in [2.24, 2.45) is 0 Å². The standard InChI is InChI=1S/C23H20N2O4/c1-2-25(21-13-15(22(26)27)11-12-24-21)23(28)29-14-20-18-9-5-3-7-16(18)17-8-4-6-10-19(17)20/h3-13,20H,2,14H2,1H3,(H,26,27). The summed E-state index contributed by atoms with van der Waals surface area (Å²) in [4.78, 5) is 29.4. The van der Waals surface area contributed by atoms with Crippen LogP contribution in [0.15, 0.2) is 66.9 Å². The van der Waals surface area contributed by atoms with Gasteiger partial charge < -0.3 is 9.84 Å². The fourth-order valence-electron chi connectivity index (χ4n) is 3.76. The van der Waals surface area contributed by atoms with E-state index in [4.69, 9.17) is 4.74 Å². The lowest BCUT2D eigenvalue weighted by molar-refractivity contribution is 0.0696. The summed E-state index contributed by atoms with van der Waals surface area (Å²) in [6.45, 7) is 2.30. The number of hydrogen-bond acceptors (Lipinski definition) is 4. The van der Waals surface area contributed by atoms with E-state index >= 15 is 0 Å². The summed E-state index contributed by atoms with van der Waals surface area (Å²) in [6, 6.07) is 19.0. The zero-order valence-corrected chi connectivity index (χ0v) is 15.9. The Kier molecular flexibility index (Phi) is 4.99. The number of carboxylic acids is 1. The second-order valence-corrected chi connectivity index (χ2v) is 6.76. The summed E-state index contributed by atoms with van der Waals surface area (Å²) in [5.74, 6) is -0.856. The fourth-order valence-corrected chi connectivity index (χ4v) is 3.76. The molecule has 146 valence electrons. The van der Waals surface area contributed by atoms with Crippen LogP contribution < -0.4 is 4.90 Å². The van der Waals surface area contributed by atoms with Gasteiger partial charge in [-0.2, -0.15) is 0 Å². The van der Waals surface area contributed by atoms with E-state index in [9.17, 15) is 14.7 Å². The third-order valence-electron chi connectivity index (χ3n) is 5.14. The summed E-state index contributed by atoms with van der Waals surface area (Å²) in [6.07, 6.45) is 0.822. The van der Waals surface area contributed by atoms with Crippen LogP contribution in [0.2, 0.25) is 0 Å². The molecule has 0 saturated heterocycles. The molecule has 6 nitrogen and oxygen atoms in total. The average Bonchev–Trinajstić information content (AvgIpc) is 3.07. The second-order valence-electron chi connectivity index (χ2n) is 6.76. The van der Waals surface area contributed by atoms with Gasteiger partial charge in [0.2, 0.25) is 0 Å². The third-order valence-corrected chi connectivity index (χ3v) is 5.14. The molecule has 0 unspecified atom stereocenters. The molecule has 0 radical (unpaired) electrons. The van der Waals surface area contributed by atoms with E-state index in [1.807, 2.05) is 24.3 Å². The highest BCUT2D eigenvalue weighted by atomic mass is 16.6. The Morgan fingerprint density at radius 2 is 1.66 bits per heavy atom. The quantitative estimate of drug-likeness (QED) is 0.693. The van der Waals surface area contributed by atoms with Gasteiger partial charge in [0.25, 0.3) is 0 Å². The minimum absolute atomic E-state index is 0.0385. The van der Waals surface area contributed by atoms with Crippen molar-refractivity contribution < 1.29 is 19.4 Å². The smallest absolute Gasteiger partial charge is 0.415 e. The van der Waals surface area contributed by atoms with Gasteiger partial charge in [0.05, 0.1) is 5.56 Å². The molecule has 1 amide bonds. The summed E-state index contributed by atoms with van der Waals surface area (Å²) < 4.78 is 5.65. The molecule has 1 aromatic heterocycles. The first kappa shape index (κ1) is 18.7. The highest BCUT2D eigenvalue weighted by molar-refractivity contribution is 5.91. The molecule has 0 atom stereocenters. The minimum Gasteiger partial charge on any atom is -0.478 e. The Bertz CT molecular complexity index is 1030. The molecule has 1 heterocycles. The van der Waals surface area contributed by atoms with Crippen molar-refractivity contribution in [3.63, 3.8) is 0 Å². The van der Waals surface area contributed by atoms with Crippen LogP contribution in [-0.2, 0) is 4.74 Å². The van der Waals surface area contributed by atoms with Gasteiger partial charge in [-0.25, -0.2) is 14.6 Å². The number of amides is 1. The van der Waals surface area contributed by atoms with Gasteiger partial charge in [-0.05, 0) is 41.3 Å². The lowest BCUT2D eigenvalue weighted by atomic mass is 9.98. The van der Waals surface area contributed by atoms with Crippen LogP contribution in [0.1, 0.15) is 34.3 Å². The first-order chi connectivity index (χ1) is 14.1. The lowest BCUT2D eigenvalue weighted by Gasteiger charge is -2.21. The Morgan fingerprint density at radius 1 is 1.03 bits per heavy atom. The molecular formula is C23H20N2O4. The van der Waals surface area contributed by atoms with Crippen molar-refractivity contribution in [3.05, 3.63) is 83.6 Å². The number of rotatable bonds is 5. The van der Waals surface area contributed by atoms with E-state index in [0.29, 0.717) is 6.54 Å². The first-order valence-corrected chi connectivity index (χ1v) is 9.42. The van der Waals surface area contributed by atoms with Gasteiger partial charge in [-0.3, -0.25) is 4.90 Å². The number of nitrogens with zero attached hydrogens (tertiary/aromatic N) is 2. The molecule has 3 aromatic rings. The van der Waals surface area contributed by atoms with Gasteiger partial charge in [0, 0.05) is 18.7 Å². The van der Waals surface area contributed by atoms with Crippen molar-refractivity contribution in [3.8, 4) is 11.1 Å². The summed E-state index contributed by atoms with van der Waals surface area (Å²) in [5, 5.41) is 9.17. The first-order valence-electron chi connectivity index (χ1n) is 9.42. The Hall–Kier alpha value is -3.67. The molecule has 1 aliphatic rings. The van der Waals surface area contributed by atoms with Crippen LogP contribution in [-0.4, -0.2) is 35.3 Å². The monoisotopic (exact) mass is 388 g/mol. The highest BCUT2D eigenvalue weighted by Gasteiger charge is 2.30. The Labute approximate surface area is 168 Å². The van der Waals surface area contributed by atoms with Crippen molar-refractivity contribution in [1.29, 1.82) is 0 Å². The number of carbonyl (C=O) groups is 2. The number of carboxylic acid groups (broad SMARTS) is 1. The van der Waals surface area contributed by atoms with Gasteiger partial charge in [-0.1, -0.05) is 48.5 Å². The van der Waals surface area contributed by atoms with Crippen LogP contribution in [0.4, 0.5) is 10.6 Å². The predicted octanol–water partition coefficient (Wildman–Crippen LogP) is 4.56. The maximum Gasteiger partial charge on any atom is 0.415 e. The molecule has 2 aromatic carbocycles. The van der Waals surface area contributed by atoms with E-state index < -0.39 is 12.1 Å². The average molecular weight is 388 g/mol. The molecule has 0 bridgehead atoms. The van der Waals surface area contributed by atoms with Crippen molar-refractivity contribution in [2.75, 3.05) is 18.1 Å². The fraction of sp³-hybridized carbons (Fsp3) is 0.174. The normalized spacial score (nSPS) is 12.2. The van der Waals surface area contributed by atoms with E-state index in [-0.39, 0.29) is 23.9 Å². The number of hydrogen-bond donors (Lipinski definition) is 1. The van der Waals surface area contributed by atoms with Crippen LogP contribution in [0.3, 0.4) is 0 Å². The van der Waals surface area contributed by atoms with Gasteiger partial charge in [0.15, 0.2) is 0 Å². The molecular weight excluding hydrogens is 368 g/mol. The van der Waals surface area contributed by atoms with Crippen LogP contribution in [0, 0.1) is 0 Å². The zero-order valence-electron chi connectivity index (χ0n) is 15.9. The molecule has 1 N–H and O–H groups in total. The predicted molar refractivity (Wildman–Crippen MR) is 109 cm³/mol. The zero-order chi connectivity index (χ0) is 20.4. The molecule has 1 aliphatic carbocycles. The van der Waals surface area contributed by atoms with Crippen molar-refractivity contribution in [2.45, 2.75) is 12.8 Å². The molecule has 0 aliphatic heterocycles. The molecule has 0 spiro atoms. The molecule has 0 fully saturated rings. The minimum atomic E-state index is -1.07. The number of anilines is 1. The molecule has 0 saturated carbocycles. The lowest BCUT2D eigenvalue weighted by Crippen LogP contribution is -2.33. The van der Waals surface area contributed by atoms with E-state index in [2.05, 4.69) is 29.2 Å². The van der Waals surface area contributed by atoms with Crippen molar-refractivity contribution in [1.82, 2.24) is 4.98 Å². The topological polar surface area (TPSA) is 79.7 Å².